The summed E-state index contributed by atoms with van der Waals surface area (Å²) in [7, 11) is 0. The molecule has 0 spiro atoms. The van der Waals surface area contributed by atoms with Crippen molar-refractivity contribution in [2.75, 3.05) is 17.6 Å². The number of hydrogen-bond donors (Lipinski definition) is 4. The third-order valence-electron chi connectivity index (χ3n) is 2.84. The molecule has 0 radical (unpaired) electrons. The highest BCUT2D eigenvalue weighted by Gasteiger charge is 2.21. The van der Waals surface area contributed by atoms with Crippen molar-refractivity contribution in [3.8, 4) is 0 Å². The number of nitro benzene ring substituents is 1. The van der Waals surface area contributed by atoms with Crippen LogP contribution in [0.15, 0.2) is 18.2 Å². The average Bonchev–Trinajstić information content (AvgIpc) is 2.44. The average molecular weight is 310 g/mol. The molecule has 1 rings (SSSR count). The Morgan fingerprint density at radius 2 is 2.14 bits per heavy atom. The lowest BCUT2D eigenvalue weighted by Crippen LogP contribution is -2.40. The molecular formula is C13H18N4O5. The van der Waals surface area contributed by atoms with Gasteiger partial charge in [-0.2, -0.15) is 0 Å². The van der Waals surface area contributed by atoms with Crippen LogP contribution in [-0.4, -0.2) is 34.5 Å². The molecular weight excluding hydrogens is 292 g/mol. The minimum atomic E-state index is -1.13. The zero-order chi connectivity index (χ0) is 16.7. The fourth-order valence-corrected chi connectivity index (χ4v) is 1.74. The van der Waals surface area contributed by atoms with Crippen molar-refractivity contribution >= 4 is 28.9 Å². The molecule has 1 aromatic rings. The molecule has 22 heavy (non-hydrogen) atoms. The summed E-state index contributed by atoms with van der Waals surface area (Å²) in [5, 5.41) is 24.9. The largest absolute Gasteiger partial charge is 0.480 e. The molecule has 0 saturated carbocycles. The van der Waals surface area contributed by atoms with E-state index in [1.54, 1.807) is 0 Å². The molecule has 1 unspecified atom stereocenters. The van der Waals surface area contributed by atoms with Gasteiger partial charge >= 0.3 is 5.97 Å². The minimum absolute atomic E-state index is 0.0176. The molecule has 1 aromatic carbocycles. The van der Waals surface area contributed by atoms with Gasteiger partial charge in [-0.05, 0) is 25.1 Å². The van der Waals surface area contributed by atoms with E-state index in [2.05, 4.69) is 10.6 Å². The molecule has 1 amide bonds. The first-order chi connectivity index (χ1) is 10.3. The second-order valence-electron chi connectivity index (χ2n) is 4.63. The van der Waals surface area contributed by atoms with Gasteiger partial charge < -0.3 is 21.5 Å². The van der Waals surface area contributed by atoms with Crippen LogP contribution in [0.5, 0.6) is 0 Å². The molecule has 0 aliphatic rings. The maximum Gasteiger partial charge on any atom is 0.321 e. The van der Waals surface area contributed by atoms with Gasteiger partial charge in [0.15, 0.2) is 0 Å². The summed E-state index contributed by atoms with van der Waals surface area (Å²) >= 11 is 0. The Morgan fingerprint density at radius 3 is 2.68 bits per heavy atom. The monoisotopic (exact) mass is 310 g/mol. The summed E-state index contributed by atoms with van der Waals surface area (Å²) in [5.41, 5.74) is 5.30. The summed E-state index contributed by atoms with van der Waals surface area (Å²) < 4.78 is 0. The van der Waals surface area contributed by atoms with Gasteiger partial charge in [0.25, 0.3) is 5.69 Å². The molecule has 0 bridgehead atoms. The Bertz CT molecular complexity index is 576. The van der Waals surface area contributed by atoms with Crippen LogP contribution < -0.4 is 16.4 Å². The van der Waals surface area contributed by atoms with E-state index in [0.29, 0.717) is 6.54 Å². The van der Waals surface area contributed by atoms with Gasteiger partial charge in [-0.15, -0.1) is 0 Å². The first-order valence-electron chi connectivity index (χ1n) is 6.65. The summed E-state index contributed by atoms with van der Waals surface area (Å²) in [6.45, 7) is 2.34. The van der Waals surface area contributed by atoms with Crippen LogP contribution in [0, 0.1) is 10.1 Å². The van der Waals surface area contributed by atoms with Gasteiger partial charge in [-0.25, -0.2) is 0 Å². The van der Waals surface area contributed by atoms with Crippen molar-refractivity contribution in [1.29, 1.82) is 0 Å². The standard InChI is InChI=1S/C13H18N4O5/c1-2-5-15-10(13(19)20)7-12(18)16-8-3-4-9(14)11(6-8)17(21)22/h3-4,6,10,15H,2,5,7,14H2,1H3,(H,16,18)(H,19,20). The van der Waals surface area contributed by atoms with E-state index >= 15 is 0 Å². The van der Waals surface area contributed by atoms with E-state index in [1.807, 2.05) is 6.92 Å². The van der Waals surface area contributed by atoms with Crippen LogP contribution >= 0.6 is 0 Å². The second-order valence-corrected chi connectivity index (χ2v) is 4.63. The number of amides is 1. The number of anilines is 2. The lowest BCUT2D eigenvalue weighted by molar-refractivity contribution is -0.383. The molecule has 0 aromatic heterocycles. The molecule has 0 aliphatic carbocycles. The maximum atomic E-state index is 11.8. The summed E-state index contributed by atoms with van der Waals surface area (Å²) in [4.78, 5) is 33.0. The Morgan fingerprint density at radius 1 is 1.45 bits per heavy atom. The van der Waals surface area contributed by atoms with Crippen molar-refractivity contribution in [3.63, 3.8) is 0 Å². The summed E-state index contributed by atoms with van der Waals surface area (Å²) in [6, 6.07) is 2.83. The van der Waals surface area contributed by atoms with E-state index in [-0.39, 0.29) is 23.5 Å². The van der Waals surface area contributed by atoms with Gasteiger partial charge in [0, 0.05) is 11.8 Å². The first-order valence-corrected chi connectivity index (χ1v) is 6.65. The van der Waals surface area contributed by atoms with Gasteiger partial charge in [-0.3, -0.25) is 19.7 Å². The molecule has 1 atom stereocenters. The fraction of sp³-hybridized carbons (Fsp3) is 0.385. The molecule has 9 heteroatoms. The number of nitrogen functional groups attached to an aromatic ring is 1. The number of benzene rings is 1. The van der Waals surface area contributed by atoms with Crippen LogP contribution in [0.1, 0.15) is 19.8 Å². The predicted octanol–water partition coefficient (Wildman–Crippen LogP) is 0.958. The number of carbonyl (C=O) groups excluding carboxylic acids is 1. The van der Waals surface area contributed by atoms with Gasteiger partial charge in [0.05, 0.1) is 11.3 Å². The maximum absolute atomic E-state index is 11.8. The number of aliphatic carboxylic acids is 1. The number of carbonyl (C=O) groups is 2. The molecule has 0 saturated heterocycles. The van der Waals surface area contributed by atoms with Crippen LogP contribution in [0.2, 0.25) is 0 Å². The summed E-state index contributed by atoms with van der Waals surface area (Å²) in [5.74, 6) is -1.69. The van der Waals surface area contributed by atoms with E-state index < -0.39 is 22.8 Å². The molecule has 0 fully saturated rings. The van der Waals surface area contributed by atoms with Crippen LogP contribution in [0.4, 0.5) is 17.1 Å². The third kappa shape index (κ3) is 5.02. The topological polar surface area (TPSA) is 148 Å². The first kappa shape index (κ1) is 17.4. The number of carboxylic acid groups (broad SMARTS) is 1. The number of carboxylic acids is 1. The van der Waals surface area contributed by atoms with Crippen molar-refractivity contribution < 1.29 is 19.6 Å². The van der Waals surface area contributed by atoms with E-state index in [4.69, 9.17) is 10.8 Å². The van der Waals surface area contributed by atoms with Gasteiger partial charge in [0.2, 0.25) is 5.91 Å². The van der Waals surface area contributed by atoms with E-state index in [9.17, 15) is 19.7 Å². The van der Waals surface area contributed by atoms with Crippen molar-refractivity contribution in [3.05, 3.63) is 28.3 Å². The Balaban J connectivity index is 2.73. The molecule has 5 N–H and O–H groups in total. The van der Waals surface area contributed by atoms with Crippen molar-refractivity contribution in [2.24, 2.45) is 0 Å². The van der Waals surface area contributed by atoms with Gasteiger partial charge in [-0.1, -0.05) is 6.92 Å². The SMILES string of the molecule is CCCNC(CC(=O)Nc1ccc(N)c([N+](=O)[O-])c1)C(=O)O. The predicted molar refractivity (Wildman–Crippen MR) is 80.5 cm³/mol. The summed E-state index contributed by atoms with van der Waals surface area (Å²) in [6.07, 6.45) is 0.447. The van der Waals surface area contributed by atoms with Crippen LogP contribution in [-0.2, 0) is 9.59 Å². The Kier molecular flexibility index (Phi) is 6.26. The molecule has 9 nitrogen and oxygen atoms in total. The highest BCUT2D eigenvalue weighted by molar-refractivity contribution is 5.94. The van der Waals surface area contributed by atoms with Crippen molar-refractivity contribution in [2.45, 2.75) is 25.8 Å². The number of rotatable bonds is 8. The third-order valence-corrected chi connectivity index (χ3v) is 2.84. The zero-order valence-corrected chi connectivity index (χ0v) is 12.0. The van der Waals surface area contributed by atoms with E-state index in [0.717, 1.165) is 12.5 Å². The Labute approximate surface area is 126 Å². The molecule has 120 valence electrons. The highest BCUT2D eigenvalue weighted by atomic mass is 16.6. The highest BCUT2D eigenvalue weighted by Crippen LogP contribution is 2.25. The van der Waals surface area contributed by atoms with Gasteiger partial charge in [0.1, 0.15) is 11.7 Å². The number of nitrogens with two attached hydrogens (primary N) is 1. The minimum Gasteiger partial charge on any atom is -0.480 e. The molecule has 0 heterocycles. The van der Waals surface area contributed by atoms with Crippen LogP contribution in [0.25, 0.3) is 0 Å². The quantitative estimate of drug-likeness (QED) is 0.317. The second kappa shape index (κ2) is 7.93. The van der Waals surface area contributed by atoms with Crippen molar-refractivity contribution in [1.82, 2.24) is 5.32 Å². The number of nitrogens with one attached hydrogen (secondary N) is 2. The van der Waals surface area contributed by atoms with Crippen LogP contribution in [0.3, 0.4) is 0 Å². The normalized spacial score (nSPS) is 11.7. The smallest absolute Gasteiger partial charge is 0.321 e. The lowest BCUT2D eigenvalue weighted by atomic mass is 10.2. The Hall–Kier alpha value is -2.68. The fourth-order valence-electron chi connectivity index (χ4n) is 1.74. The number of hydrogen-bond acceptors (Lipinski definition) is 6. The molecule has 0 aliphatic heterocycles. The number of nitro groups is 1. The lowest BCUT2D eigenvalue weighted by Gasteiger charge is -2.13. The zero-order valence-electron chi connectivity index (χ0n) is 12.0. The number of nitrogens with zero attached hydrogens (tertiary/aromatic N) is 1. The van der Waals surface area contributed by atoms with E-state index in [1.165, 1.54) is 12.1 Å².